The lowest BCUT2D eigenvalue weighted by Crippen LogP contribution is -1.87. The Bertz CT molecular complexity index is 712. The van der Waals surface area contributed by atoms with Crippen LogP contribution in [-0.4, -0.2) is 16.4 Å². The molecule has 0 amide bonds. The zero-order valence-electron chi connectivity index (χ0n) is 10.4. The fourth-order valence-electron chi connectivity index (χ4n) is 1.93. The summed E-state index contributed by atoms with van der Waals surface area (Å²) in [5, 5.41) is 5.33. The number of aromatic nitrogens is 2. The lowest BCUT2D eigenvalue weighted by molar-refractivity contribution is 1.33. The predicted molar refractivity (Wildman–Crippen MR) is 79.7 cm³/mol. The highest BCUT2D eigenvalue weighted by atomic mass is 32.1. The zero-order chi connectivity index (χ0) is 12.7. The van der Waals surface area contributed by atoms with Crippen molar-refractivity contribution in [1.82, 2.24) is 9.36 Å². The van der Waals surface area contributed by atoms with E-state index in [4.69, 9.17) is 4.98 Å². The fourth-order valence-corrected chi connectivity index (χ4v) is 3.91. The van der Waals surface area contributed by atoms with Gasteiger partial charge < -0.3 is 5.32 Å². The monoisotopic (exact) mass is 275 g/mol. The van der Waals surface area contributed by atoms with E-state index in [0.717, 1.165) is 26.8 Å². The van der Waals surface area contributed by atoms with Gasteiger partial charge in [-0.1, -0.05) is 6.07 Å². The first-order valence-corrected chi connectivity index (χ1v) is 7.29. The number of nitrogens with zero attached hydrogens (tertiary/aromatic N) is 2. The summed E-state index contributed by atoms with van der Waals surface area (Å²) in [6.45, 7) is 4.14. The number of fused-ring (bicyclic) bond motifs is 1. The van der Waals surface area contributed by atoms with E-state index >= 15 is 0 Å². The summed E-state index contributed by atoms with van der Waals surface area (Å²) in [4.78, 5) is 4.71. The van der Waals surface area contributed by atoms with Gasteiger partial charge in [0.1, 0.15) is 10.0 Å². The van der Waals surface area contributed by atoms with Gasteiger partial charge in [-0.3, -0.25) is 0 Å². The summed E-state index contributed by atoms with van der Waals surface area (Å²) in [6, 6.07) is 6.37. The molecule has 92 valence electrons. The molecule has 3 aromatic rings. The Labute approximate surface area is 114 Å². The molecule has 0 bridgehead atoms. The van der Waals surface area contributed by atoms with Gasteiger partial charge in [-0.05, 0) is 43.1 Å². The number of hydrogen-bond acceptors (Lipinski definition) is 5. The molecule has 0 saturated carbocycles. The van der Waals surface area contributed by atoms with Crippen LogP contribution in [0.2, 0.25) is 0 Å². The van der Waals surface area contributed by atoms with Gasteiger partial charge in [0.15, 0.2) is 0 Å². The molecule has 1 N–H and O–H groups in total. The molecule has 0 radical (unpaired) electrons. The Balaban J connectivity index is 2.22. The van der Waals surface area contributed by atoms with Gasteiger partial charge in [0.05, 0.1) is 21.5 Å². The van der Waals surface area contributed by atoms with Gasteiger partial charge in [0, 0.05) is 7.05 Å². The van der Waals surface area contributed by atoms with Crippen LogP contribution >= 0.6 is 22.9 Å². The first-order chi connectivity index (χ1) is 8.69. The predicted octanol–water partition coefficient (Wildman–Crippen LogP) is 4.08. The van der Waals surface area contributed by atoms with Gasteiger partial charge in [-0.2, -0.15) is 4.37 Å². The van der Waals surface area contributed by atoms with Crippen LogP contribution in [0.1, 0.15) is 11.3 Å². The second-order valence-corrected chi connectivity index (χ2v) is 6.02. The molecule has 1 aromatic carbocycles. The molecule has 0 aliphatic carbocycles. The van der Waals surface area contributed by atoms with E-state index in [9.17, 15) is 0 Å². The summed E-state index contributed by atoms with van der Waals surface area (Å²) < 4.78 is 5.63. The third kappa shape index (κ3) is 1.79. The number of aryl methyl sites for hydroxylation is 2. The van der Waals surface area contributed by atoms with Gasteiger partial charge in [-0.15, -0.1) is 11.3 Å². The van der Waals surface area contributed by atoms with Crippen molar-refractivity contribution in [3.8, 4) is 10.6 Å². The second-order valence-electron chi connectivity index (χ2n) is 4.21. The summed E-state index contributed by atoms with van der Waals surface area (Å²) in [5.74, 6) is 0. The standard InChI is InChI=1S/C13H13N3S2/c1-7-4-5-9-10(6-7)17-13(15-9)11-8(2)16-18-12(11)14-3/h4-6,14H,1-3H3. The first kappa shape index (κ1) is 11.6. The normalized spacial score (nSPS) is 11.1. The number of benzene rings is 1. The largest absolute Gasteiger partial charge is 0.378 e. The van der Waals surface area contributed by atoms with Crippen molar-refractivity contribution >= 4 is 38.1 Å². The average molecular weight is 275 g/mol. The summed E-state index contributed by atoms with van der Waals surface area (Å²) >= 11 is 3.22. The van der Waals surface area contributed by atoms with Crippen LogP contribution in [0.4, 0.5) is 5.00 Å². The molecule has 3 nitrogen and oxygen atoms in total. The molecule has 2 aromatic heterocycles. The SMILES string of the molecule is CNc1snc(C)c1-c1nc2ccc(C)cc2s1. The van der Waals surface area contributed by atoms with Gasteiger partial charge in [0.25, 0.3) is 0 Å². The summed E-state index contributed by atoms with van der Waals surface area (Å²) in [6.07, 6.45) is 0. The van der Waals surface area contributed by atoms with Crippen molar-refractivity contribution in [2.24, 2.45) is 0 Å². The number of nitrogens with one attached hydrogen (secondary N) is 1. The quantitative estimate of drug-likeness (QED) is 0.766. The Morgan fingerprint density at radius 1 is 1.22 bits per heavy atom. The minimum atomic E-state index is 1.04. The summed E-state index contributed by atoms with van der Waals surface area (Å²) in [7, 11) is 1.92. The molecular formula is C13H13N3S2. The van der Waals surface area contributed by atoms with Crippen LogP contribution < -0.4 is 5.32 Å². The van der Waals surface area contributed by atoms with E-state index in [0.29, 0.717) is 0 Å². The van der Waals surface area contributed by atoms with Crippen molar-refractivity contribution in [2.45, 2.75) is 13.8 Å². The highest BCUT2D eigenvalue weighted by molar-refractivity contribution is 7.22. The van der Waals surface area contributed by atoms with Gasteiger partial charge in [-0.25, -0.2) is 4.98 Å². The smallest absolute Gasteiger partial charge is 0.129 e. The maximum atomic E-state index is 4.71. The number of hydrogen-bond donors (Lipinski definition) is 1. The molecule has 18 heavy (non-hydrogen) atoms. The summed E-state index contributed by atoms with van der Waals surface area (Å²) in [5.41, 5.74) is 4.52. The Morgan fingerprint density at radius 3 is 2.83 bits per heavy atom. The highest BCUT2D eigenvalue weighted by Gasteiger charge is 2.15. The Hall–Kier alpha value is -1.46. The van der Waals surface area contributed by atoms with Gasteiger partial charge in [0.2, 0.25) is 0 Å². The molecule has 3 rings (SSSR count). The van der Waals surface area contributed by atoms with Crippen molar-refractivity contribution in [3.05, 3.63) is 29.5 Å². The molecule has 2 heterocycles. The second kappa shape index (κ2) is 4.33. The van der Waals surface area contributed by atoms with Crippen molar-refractivity contribution in [1.29, 1.82) is 0 Å². The molecule has 0 saturated heterocycles. The van der Waals surface area contributed by atoms with E-state index in [1.54, 1.807) is 11.3 Å². The highest BCUT2D eigenvalue weighted by Crippen LogP contribution is 2.38. The molecule has 0 aliphatic heterocycles. The molecular weight excluding hydrogens is 262 g/mol. The third-order valence-electron chi connectivity index (χ3n) is 2.85. The maximum absolute atomic E-state index is 4.71. The third-order valence-corrected chi connectivity index (χ3v) is 4.84. The van der Waals surface area contributed by atoms with E-state index in [2.05, 4.69) is 34.8 Å². The zero-order valence-corrected chi connectivity index (χ0v) is 12.1. The number of rotatable bonds is 2. The van der Waals surface area contributed by atoms with Crippen LogP contribution in [0, 0.1) is 13.8 Å². The molecule has 0 spiro atoms. The van der Waals surface area contributed by atoms with Gasteiger partial charge >= 0.3 is 0 Å². The molecule has 0 unspecified atom stereocenters. The van der Waals surface area contributed by atoms with Crippen molar-refractivity contribution < 1.29 is 0 Å². The van der Waals surface area contributed by atoms with Crippen LogP contribution in [0.25, 0.3) is 20.8 Å². The number of thiazole rings is 1. The number of anilines is 1. The first-order valence-electron chi connectivity index (χ1n) is 5.70. The molecule has 0 aliphatic rings. The minimum Gasteiger partial charge on any atom is -0.378 e. The topological polar surface area (TPSA) is 37.8 Å². The lowest BCUT2D eigenvalue weighted by Gasteiger charge is -1.98. The van der Waals surface area contributed by atoms with Crippen LogP contribution in [0.3, 0.4) is 0 Å². The molecule has 0 atom stereocenters. The van der Waals surface area contributed by atoms with E-state index in [1.165, 1.54) is 21.8 Å². The van der Waals surface area contributed by atoms with E-state index in [1.807, 2.05) is 14.0 Å². The maximum Gasteiger partial charge on any atom is 0.129 e. The van der Waals surface area contributed by atoms with Crippen LogP contribution in [0.5, 0.6) is 0 Å². The molecule has 5 heteroatoms. The van der Waals surface area contributed by atoms with Crippen molar-refractivity contribution in [3.63, 3.8) is 0 Å². The lowest BCUT2D eigenvalue weighted by atomic mass is 10.2. The van der Waals surface area contributed by atoms with E-state index in [-0.39, 0.29) is 0 Å². The Kier molecular flexibility index (Phi) is 2.80. The molecule has 0 fully saturated rings. The van der Waals surface area contributed by atoms with Crippen LogP contribution in [0.15, 0.2) is 18.2 Å². The van der Waals surface area contributed by atoms with Crippen LogP contribution in [-0.2, 0) is 0 Å². The van der Waals surface area contributed by atoms with Crippen molar-refractivity contribution in [2.75, 3.05) is 12.4 Å². The Morgan fingerprint density at radius 2 is 2.06 bits per heavy atom. The average Bonchev–Trinajstić information content (AvgIpc) is 2.91. The van der Waals surface area contributed by atoms with E-state index < -0.39 is 0 Å². The fraction of sp³-hybridized carbons (Fsp3) is 0.231. The minimum absolute atomic E-state index is 1.04.